The third kappa shape index (κ3) is 5.08. The molecule has 9 heteroatoms. The Morgan fingerprint density at radius 3 is 2.69 bits per heavy atom. The van der Waals surface area contributed by atoms with Crippen LogP contribution >= 0.6 is 11.6 Å². The van der Waals surface area contributed by atoms with Crippen LogP contribution in [-0.2, 0) is 14.3 Å². The zero-order valence-corrected chi connectivity index (χ0v) is 15.5. The van der Waals surface area contributed by atoms with E-state index in [-0.39, 0.29) is 40.2 Å². The van der Waals surface area contributed by atoms with Gasteiger partial charge in [-0.1, -0.05) is 18.0 Å². The van der Waals surface area contributed by atoms with E-state index in [4.69, 9.17) is 21.1 Å². The van der Waals surface area contributed by atoms with Gasteiger partial charge in [-0.25, -0.2) is 4.98 Å². The highest BCUT2D eigenvalue weighted by Gasteiger charge is 2.32. The van der Waals surface area contributed by atoms with E-state index in [9.17, 15) is 14.4 Å². The number of carbonyl (C=O) groups excluding carboxylic acids is 3. The molecule has 1 saturated carbocycles. The molecule has 8 nitrogen and oxygen atoms in total. The molecule has 0 spiro atoms. The summed E-state index contributed by atoms with van der Waals surface area (Å²) in [6.07, 6.45) is 3.87. The molecule has 0 radical (unpaired) electrons. The van der Waals surface area contributed by atoms with Gasteiger partial charge in [0.1, 0.15) is 5.56 Å². The van der Waals surface area contributed by atoms with Crippen molar-refractivity contribution in [1.82, 2.24) is 15.8 Å². The molecule has 0 aromatic carbocycles. The highest BCUT2D eigenvalue weighted by Crippen LogP contribution is 2.29. The fourth-order valence-electron chi connectivity index (χ4n) is 2.94. The number of nitrogens with zero attached hydrogens (tertiary/aromatic N) is 1. The van der Waals surface area contributed by atoms with Crippen LogP contribution in [0.2, 0.25) is 5.02 Å². The van der Waals surface area contributed by atoms with Gasteiger partial charge in [-0.3, -0.25) is 25.2 Å². The first-order chi connectivity index (χ1) is 12.5. The molecule has 1 fully saturated rings. The number of pyridine rings is 1. The van der Waals surface area contributed by atoms with Gasteiger partial charge in [0.15, 0.2) is 0 Å². The Labute approximate surface area is 156 Å². The van der Waals surface area contributed by atoms with E-state index in [1.807, 2.05) is 0 Å². The van der Waals surface area contributed by atoms with Gasteiger partial charge in [-0.15, -0.1) is 0 Å². The van der Waals surface area contributed by atoms with Crippen LogP contribution in [0.5, 0.6) is 5.88 Å². The van der Waals surface area contributed by atoms with Crippen molar-refractivity contribution in [2.24, 2.45) is 11.8 Å². The Balaban J connectivity index is 1.95. The Kier molecular flexibility index (Phi) is 7.20. The number of hydrazine groups is 1. The molecule has 2 amide bonds. The fourth-order valence-corrected chi connectivity index (χ4v) is 3.10. The van der Waals surface area contributed by atoms with Crippen LogP contribution in [0.4, 0.5) is 0 Å². The van der Waals surface area contributed by atoms with Crippen molar-refractivity contribution in [2.75, 3.05) is 13.7 Å². The second-order valence-corrected chi connectivity index (χ2v) is 6.40. The summed E-state index contributed by atoms with van der Waals surface area (Å²) in [5.41, 5.74) is 4.87. The average Bonchev–Trinajstić information content (AvgIpc) is 2.66. The van der Waals surface area contributed by atoms with Crippen LogP contribution < -0.4 is 15.6 Å². The number of halogens is 1. The number of carbonyl (C=O) groups is 3. The fraction of sp³-hybridized carbons (Fsp3) is 0.529. The standard InChI is InChI=1S/C17H22ClN3O5/c1-3-26-16-13(8-12(18)9-19-16)15(23)21-20-14(22)10-5-4-6-11(7-10)17(24)25-2/h8-11H,3-7H2,1-2H3,(H,20,22)(H,21,23)/t10-,11+/m0/s1. The number of amides is 2. The maximum atomic E-state index is 12.3. The van der Waals surface area contributed by atoms with Crippen molar-refractivity contribution in [3.8, 4) is 5.88 Å². The topological polar surface area (TPSA) is 107 Å². The number of ether oxygens (including phenoxy) is 2. The van der Waals surface area contributed by atoms with E-state index in [2.05, 4.69) is 15.8 Å². The molecular weight excluding hydrogens is 362 g/mol. The molecule has 0 unspecified atom stereocenters. The lowest BCUT2D eigenvalue weighted by Crippen LogP contribution is -2.46. The number of aromatic nitrogens is 1. The van der Waals surface area contributed by atoms with Gasteiger partial charge in [0, 0.05) is 12.1 Å². The molecule has 1 heterocycles. The van der Waals surface area contributed by atoms with Crippen LogP contribution in [0.15, 0.2) is 12.3 Å². The van der Waals surface area contributed by atoms with Crippen molar-refractivity contribution >= 4 is 29.4 Å². The van der Waals surface area contributed by atoms with Crippen molar-refractivity contribution < 1.29 is 23.9 Å². The largest absolute Gasteiger partial charge is 0.477 e. The zero-order valence-electron chi connectivity index (χ0n) is 14.7. The number of hydrogen-bond donors (Lipinski definition) is 2. The van der Waals surface area contributed by atoms with Crippen LogP contribution in [0.25, 0.3) is 0 Å². The number of esters is 1. The molecule has 26 heavy (non-hydrogen) atoms. The Hall–Kier alpha value is -2.35. The van der Waals surface area contributed by atoms with Crippen molar-refractivity contribution in [2.45, 2.75) is 32.6 Å². The van der Waals surface area contributed by atoms with Crippen molar-refractivity contribution in [1.29, 1.82) is 0 Å². The maximum Gasteiger partial charge on any atom is 0.308 e. The Morgan fingerprint density at radius 2 is 2.00 bits per heavy atom. The molecular formula is C17H22ClN3O5. The van der Waals surface area contributed by atoms with Gasteiger partial charge in [0.2, 0.25) is 11.8 Å². The first-order valence-corrected chi connectivity index (χ1v) is 8.80. The lowest BCUT2D eigenvalue weighted by molar-refractivity contribution is -0.147. The van der Waals surface area contributed by atoms with Crippen LogP contribution in [-0.4, -0.2) is 36.5 Å². The Bertz CT molecular complexity index is 682. The van der Waals surface area contributed by atoms with E-state index in [1.165, 1.54) is 19.4 Å². The molecule has 0 saturated heterocycles. The van der Waals surface area contributed by atoms with Gasteiger partial charge in [0.25, 0.3) is 5.91 Å². The van der Waals surface area contributed by atoms with E-state index in [0.717, 1.165) is 6.42 Å². The second kappa shape index (κ2) is 9.38. The summed E-state index contributed by atoms with van der Waals surface area (Å²) in [6, 6.07) is 1.41. The first kappa shape index (κ1) is 20.0. The third-order valence-corrected chi connectivity index (χ3v) is 4.43. The SMILES string of the molecule is CCOc1ncc(Cl)cc1C(=O)NNC(=O)[C@H]1CCC[C@@H](C(=O)OC)C1. The third-order valence-electron chi connectivity index (χ3n) is 4.22. The lowest BCUT2D eigenvalue weighted by atomic mass is 9.81. The Morgan fingerprint density at radius 1 is 1.27 bits per heavy atom. The number of methoxy groups -OCH3 is 1. The summed E-state index contributed by atoms with van der Waals surface area (Å²) in [7, 11) is 1.33. The predicted molar refractivity (Wildman–Crippen MR) is 93.5 cm³/mol. The predicted octanol–water partition coefficient (Wildman–Crippen LogP) is 1.87. The maximum absolute atomic E-state index is 12.3. The molecule has 1 aromatic rings. The van der Waals surface area contributed by atoms with E-state index in [0.29, 0.717) is 25.9 Å². The monoisotopic (exact) mass is 383 g/mol. The van der Waals surface area contributed by atoms with Crippen LogP contribution in [0.1, 0.15) is 43.0 Å². The molecule has 1 aliphatic rings. The molecule has 2 atom stereocenters. The average molecular weight is 384 g/mol. The lowest BCUT2D eigenvalue weighted by Gasteiger charge is -2.26. The van der Waals surface area contributed by atoms with Gasteiger partial charge >= 0.3 is 5.97 Å². The van der Waals surface area contributed by atoms with Crippen LogP contribution in [0.3, 0.4) is 0 Å². The molecule has 2 N–H and O–H groups in total. The minimum absolute atomic E-state index is 0.121. The smallest absolute Gasteiger partial charge is 0.308 e. The summed E-state index contributed by atoms with van der Waals surface area (Å²) in [5, 5.41) is 0.276. The molecule has 1 aromatic heterocycles. The molecule has 0 aliphatic heterocycles. The first-order valence-electron chi connectivity index (χ1n) is 8.42. The van der Waals surface area contributed by atoms with Gasteiger partial charge in [-0.05, 0) is 32.3 Å². The van der Waals surface area contributed by atoms with E-state index >= 15 is 0 Å². The molecule has 2 rings (SSSR count). The molecule has 142 valence electrons. The normalized spacial score (nSPS) is 19.3. The summed E-state index contributed by atoms with van der Waals surface area (Å²) >= 11 is 5.88. The minimum Gasteiger partial charge on any atom is -0.477 e. The van der Waals surface area contributed by atoms with Crippen molar-refractivity contribution in [3.05, 3.63) is 22.8 Å². The summed E-state index contributed by atoms with van der Waals surface area (Å²) in [6.45, 7) is 2.10. The number of rotatable bonds is 5. The highest BCUT2D eigenvalue weighted by atomic mass is 35.5. The summed E-state index contributed by atoms with van der Waals surface area (Å²) in [4.78, 5) is 40.3. The quantitative estimate of drug-likeness (QED) is 0.593. The molecule has 1 aliphatic carbocycles. The van der Waals surface area contributed by atoms with Crippen LogP contribution in [0, 0.1) is 11.8 Å². The van der Waals surface area contributed by atoms with Crippen molar-refractivity contribution in [3.63, 3.8) is 0 Å². The number of nitrogens with one attached hydrogen (secondary N) is 2. The summed E-state index contributed by atoms with van der Waals surface area (Å²) < 4.78 is 10.0. The zero-order chi connectivity index (χ0) is 19.1. The second-order valence-electron chi connectivity index (χ2n) is 5.97. The number of hydrogen-bond acceptors (Lipinski definition) is 6. The highest BCUT2D eigenvalue weighted by molar-refractivity contribution is 6.30. The van der Waals surface area contributed by atoms with Gasteiger partial charge in [0.05, 0.1) is 24.7 Å². The van der Waals surface area contributed by atoms with E-state index < -0.39 is 5.91 Å². The minimum atomic E-state index is -0.586. The van der Waals surface area contributed by atoms with Gasteiger partial charge < -0.3 is 9.47 Å². The molecule has 0 bridgehead atoms. The van der Waals surface area contributed by atoms with Gasteiger partial charge in [-0.2, -0.15) is 0 Å². The summed E-state index contributed by atoms with van der Waals surface area (Å²) in [5.74, 6) is -1.76. The van der Waals surface area contributed by atoms with E-state index in [1.54, 1.807) is 6.92 Å².